The van der Waals surface area contributed by atoms with Crippen LogP contribution >= 0.6 is 0 Å². The number of primary amides is 1. The van der Waals surface area contributed by atoms with Gasteiger partial charge >= 0.3 is 6.36 Å². The molecule has 1 aromatic rings. The van der Waals surface area contributed by atoms with Crippen molar-refractivity contribution >= 4 is 12.2 Å². The molecule has 94 valence electrons. The number of hydrogen-bond acceptors (Lipinski definition) is 3. The number of amides is 1. The first-order valence-electron chi connectivity index (χ1n) is 4.47. The van der Waals surface area contributed by atoms with Gasteiger partial charge in [-0.3, -0.25) is 9.59 Å². The molecule has 1 aromatic carbocycles. The van der Waals surface area contributed by atoms with Crippen molar-refractivity contribution in [3.8, 4) is 17.6 Å². The van der Waals surface area contributed by atoms with Gasteiger partial charge in [0.05, 0.1) is 0 Å². The Hall–Kier alpha value is -2.49. The normalized spacial score (nSPS) is 10.2. The molecule has 0 spiro atoms. The Kier molecular flexibility index (Phi) is 3.94. The molecule has 0 aromatic heterocycles. The highest BCUT2D eigenvalue weighted by Gasteiger charge is 2.31. The van der Waals surface area contributed by atoms with Crippen LogP contribution in [0.4, 0.5) is 13.2 Å². The Balaban J connectivity index is 3.14. The lowest BCUT2D eigenvalue weighted by Gasteiger charge is -2.09. The van der Waals surface area contributed by atoms with Gasteiger partial charge in [-0.25, -0.2) is 0 Å². The van der Waals surface area contributed by atoms with Crippen molar-refractivity contribution in [3.05, 3.63) is 29.3 Å². The van der Waals surface area contributed by atoms with Crippen LogP contribution in [0, 0.1) is 11.8 Å². The standard InChI is InChI=1S/C11H6F3NO3/c12-11(13,14)18-9-4-7(1-2-10(15)17)3-8(5-9)6-16/h3-6H,(H2,15,17). The van der Waals surface area contributed by atoms with E-state index in [4.69, 9.17) is 5.73 Å². The summed E-state index contributed by atoms with van der Waals surface area (Å²) in [5.41, 5.74) is 4.70. The zero-order chi connectivity index (χ0) is 13.8. The first kappa shape index (κ1) is 13.6. The number of rotatable bonds is 2. The number of ether oxygens (including phenoxy) is 1. The lowest BCUT2D eigenvalue weighted by Crippen LogP contribution is -2.17. The van der Waals surface area contributed by atoms with E-state index < -0.39 is 18.0 Å². The second kappa shape index (κ2) is 5.23. The maximum absolute atomic E-state index is 12.0. The number of alkyl halides is 3. The molecule has 0 saturated carbocycles. The Morgan fingerprint density at radius 1 is 1.33 bits per heavy atom. The van der Waals surface area contributed by atoms with Gasteiger partial charge in [0, 0.05) is 11.1 Å². The number of carbonyl (C=O) groups is 2. The van der Waals surface area contributed by atoms with E-state index >= 15 is 0 Å². The van der Waals surface area contributed by atoms with E-state index in [1.165, 1.54) is 6.07 Å². The van der Waals surface area contributed by atoms with Crippen LogP contribution in [0.5, 0.6) is 5.75 Å². The molecule has 0 aliphatic heterocycles. The summed E-state index contributed by atoms with van der Waals surface area (Å²) in [5.74, 6) is 2.62. The van der Waals surface area contributed by atoms with Gasteiger partial charge in [0.25, 0.3) is 5.91 Å². The van der Waals surface area contributed by atoms with Crippen molar-refractivity contribution < 1.29 is 27.5 Å². The molecule has 1 amide bonds. The number of aldehydes is 1. The minimum absolute atomic E-state index is 0.0117. The maximum Gasteiger partial charge on any atom is 0.573 e. The summed E-state index contributed by atoms with van der Waals surface area (Å²) in [5, 5.41) is 0. The predicted octanol–water partition coefficient (Wildman–Crippen LogP) is 1.23. The smallest absolute Gasteiger partial charge is 0.406 e. The molecule has 1 rings (SSSR count). The third-order valence-electron chi connectivity index (χ3n) is 1.63. The van der Waals surface area contributed by atoms with Gasteiger partial charge in [0.1, 0.15) is 12.0 Å². The van der Waals surface area contributed by atoms with Crippen molar-refractivity contribution in [1.82, 2.24) is 0 Å². The Labute approximate surface area is 99.5 Å². The number of halogens is 3. The summed E-state index contributed by atoms with van der Waals surface area (Å²) >= 11 is 0. The van der Waals surface area contributed by atoms with E-state index in [1.54, 1.807) is 0 Å². The zero-order valence-electron chi connectivity index (χ0n) is 8.75. The average molecular weight is 257 g/mol. The van der Waals surface area contributed by atoms with Gasteiger partial charge < -0.3 is 10.5 Å². The number of nitrogens with two attached hydrogens (primary N) is 1. The van der Waals surface area contributed by atoms with Crippen LogP contribution in [0.1, 0.15) is 15.9 Å². The van der Waals surface area contributed by atoms with E-state index in [1.807, 2.05) is 5.92 Å². The molecule has 2 N–H and O–H groups in total. The number of hydrogen-bond donors (Lipinski definition) is 1. The van der Waals surface area contributed by atoms with Crippen LogP contribution in [0.25, 0.3) is 0 Å². The summed E-state index contributed by atoms with van der Waals surface area (Å²) in [6, 6.07) is 3.04. The third-order valence-corrected chi connectivity index (χ3v) is 1.63. The summed E-state index contributed by atoms with van der Waals surface area (Å²) in [7, 11) is 0. The largest absolute Gasteiger partial charge is 0.573 e. The fraction of sp³-hybridized carbons (Fsp3) is 0.0909. The van der Waals surface area contributed by atoms with Crippen molar-refractivity contribution in [2.24, 2.45) is 5.73 Å². The van der Waals surface area contributed by atoms with E-state index in [-0.39, 0.29) is 11.1 Å². The second-order valence-corrected chi connectivity index (χ2v) is 3.07. The van der Waals surface area contributed by atoms with Crippen molar-refractivity contribution in [3.63, 3.8) is 0 Å². The van der Waals surface area contributed by atoms with Gasteiger partial charge in [0.15, 0.2) is 0 Å². The number of benzene rings is 1. The molecule has 18 heavy (non-hydrogen) atoms. The van der Waals surface area contributed by atoms with E-state index in [0.717, 1.165) is 12.1 Å². The van der Waals surface area contributed by atoms with E-state index in [2.05, 4.69) is 10.7 Å². The quantitative estimate of drug-likeness (QED) is 0.640. The summed E-state index contributed by atoms with van der Waals surface area (Å²) in [4.78, 5) is 20.9. The zero-order valence-corrected chi connectivity index (χ0v) is 8.75. The van der Waals surface area contributed by atoms with Gasteiger partial charge in [0.2, 0.25) is 0 Å². The Morgan fingerprint density at radius 3 is 2.50 bits per heavy atom. The van der Waals surface area contributed by atoms with Crippen LogP contribution in [0.15, 0.2) is 18.2 Å². The molecular weight excluding hydrogens is 251 g/mol. The van der Waals surface area contributed by atoms with Crippen LogP contribution in [0.2, 0.25) is 0 Å². The molecule has 0 fully saturated rings. The highest BCUT2D eigenvalue weighted by atomic mass is 19.4. The second-order valence-electron chi connectivity index (χ2n) is 3.07. The minimum atomic E-state index is -4.88. The maximum atomic E-state index is 12.0. The van der Waals surface area contributed by atoms with Gasteiger partial charge in [-0.15, -0.1) is 13.2 Å². The van der Waals surface area contributed by atoms with E-state index in [0.29, 0.717) is 6.29 Å². The first-order chi connectivity index (χ1) is 8.30. The highest BCUT2D eigenvalue weighted by molar-refractivity contribution is 5.92. The van der Waals surface area contributed by atoms with Crippen LogP contribution in [-0.4, -0.2) is 18.6 Å². The molecular formula is C11H6F3NO3. The fourth-order valence-electron chi connectivity index (χ4n) is 1.09. The Bertz CT molecular complexity index is 541. The third kappa shape index (κ3) is 4.57. The van der Waals surface area contributed by atoms with Crippen LogP contribution in [0.3, 0.4) is 0 Å². The Morgan fingerprint density at radius 2 is 2.00 bits per heavy atom. The topological polar surface area (TPSA) is 69.4 Å². The van der Waals surface area contributed by atoms with Crippen LogP contribution < -0.4 is 10.5 Å². The lowest BCUT2D eigenvalue weighted by atomic mass is 10.1. The summed E-state index contributed by atoms with van der Waals surface area (Å²) < 4.78 is 39.7. The van der Waals surface area contributed by atoms with Gasteiger partial charge in [-0.2, -0.15) is 0 Å². The molecule has 0 radical (unpaired) electrons. The SMILES string of the molecule is NC(=O)C#Cc1cc(C=O)cc(OC(F)(F)F)c1. The molecule has 0 aliphatic carbocycles. The average Bonchev–Trinajstić information content (AvgIpc) is 2.23. The molecule has 0 aliphatic rings. The number of carbonyl (C=O) groups excluding carboxylic acids is 2. The van der Waals surface area contributed by atoms with Crippen molar-refractivity contribution in [2.45, 2.75) is 6.36 Å². The highest BCUT2D eigenvalue weighted by Crippen LogP contribution is 2.24. The van der Waals surface area contributed by atoms with Crippen molar-refractivity contribution in [2.75, 3.05) is 0 Å². The molecule has 0 atom stereocenters. The summed E-state index contributed by atoms with van der Waals surface area (Å²) in [6.07, 6.45) is -4.55. The van der Waals surface area contributed by atoms with Crippen molar-refractivity contribution in [1.29, 1.82) is 0 Å². The molecule has 0 bridgehead atoms. The lowest BCUT2D eigenvalue weighted by molar-refractivity contribution is -0.274. The van der Waals surface area contributed by atoms with Gasteiger partial charge in [-0.05, 0) is 24.1 Å². The van der Waals surface area contributed by atoms with Gasteiger partial charge in [-0.1, -0.05) is 5.92 Å². The fourth-order valence-corrected chi connectivity index (χ4v) is 1.09. The molecule has 0 unspecified atom stereocenters. The van der Waals surface area contributed by atoms with Crippen LogP contribution in [-0.2, 0) is 4.79 Å². The molecule has 7 heteroatoms. The van der Waals surface area contributed by atoms with E-state index in [9.17, 15) is 22.8 Å². The molecule has 0 heterocycles. The summed E-state index contributed by atoms with van der Waals surface area (Å²) in [6.45, 7) is 0. The molecule has 0 saturated heterocycles. The molecule has 4 nitrogen and oxygen atoms in total. The first-order valence-corrected chi connectivity index (χ1v) is 4.47. The predicted molar refractivity (Wildman–Crippen MR) is 54.6 cm³/mol. The minimum Gasteiger partial charge on any atom is -0.406 e. The monoisotopic (exact) mass is 257 g/mol.